The Morgan fingerprint density at radius 2 is 1.94 bits per heavy atom. The first-order chi connectivity index (χ1) is 7.61. The van der Waals surface area contributed by atoms with Gasteiger partial charge in [0.05, 0.1) is 5.84 Å². The number of rotatable bonds is 5. The van der Waals surface area contributed by atoms with Gasteiger partial charge < -0.3 is 15.4 Å². The fourth-order valence-electron chi connectivity index (χ4n) is 1.28. The second-order valence-electron chi connectivity index (χ2n) is 5.60. The highest BCUT2D eigenvalue weighted by Crippen LogP contribution is 2.11. The zero-order valence-corrected chi connectivity index (χ0v) is 11.5. The Hall–Kier alpha value is -1.26. The molecular weight excluding hydrogens is 218 g/mol. The molecule has 3 N–H and O–H groups in total. The Balaban J connectivity index is 4.45. The third kappa shape index (κ3) is 8.54. The van der Waals surface area contributed by atoms with E-state index in [4.69, 9.17) is 15.9 Å². The summed E-state index contributed by atoms with van der Waals surface area (Å²) in [5, 5.41) is 7.19. The molecule has 0 aromatic carbocycles. The SMILES string of the molecule is CC(C)CN(CCC(=N)N)C(=O)OC(C)(C)C. The number of ether oxygens (including phenoxy) is 1. The van der Waals surface area contributed by atoms with E-state index in [0.717, 1.165) is 0 Å². The molecule has 0 aliphatic carbocycles. The maximum absolute atomic E-state index is 11.9. The van der Waals surface area contributed by atoms with Gasteiger partial charge in [-0.2, -0.15) is 0 Å². The molecular formula is C12H25N3O2. The molecule has 5 nitrogen and oxygen atoms in total. The summed E-state index contributed by atoms with van der Waals surface area (Å²) in [7, 11) is 0. The lowest BCUT2D eigenvalue weighted by Gasteiger charge is -2.28. The van der Waals surface area contributed by atoms with Gasteiger partial charge in [-0.25, -0.2) is 4.79 Å². The zero-order valence-electron chi connectivity index (χ0n) is 11.5. The fourth-order valence-corrected chi connectivity index (χ4v) is 1.28. The van der Waals surface area contributed by atoms with Gasteiger partial charge in [0.2, 0.25) is 0 Å². The zero-order chi connectivity index (χ0) is 13.6. The topological polar surface area (TPSA) is 79.4 Å². The second kappa shape index (κ2) is 6.47. The largest absolute Gasteiger partial charge is 0.444 e. The summed E-state index contributed by atoms with van der Waals surface area (Å²) in [6, 6.07) is 0. The lowest BCUT2D eigenvalue weighted by Crippen LogP contribution is -2.40. The van der Waals surface area contributed by atoms with Crippen molar-refractivity contribution in [3.63, 3.8) is 0 Å². The number of nitrogens with one attached hydrogen (secondary N) is 1. The van der Waals surface area contributed by atoms with E-state index in [-0.39, 0.29) is 11.9 Å². The molecule has 1 amide bonds. The van der Waals surface area contributed by atoms with Crippen molar-refractivity contribution in [2.24, 2.45) is 11.7 Å². The van der Waals surface area contributed by atoms with Crippen LogP contribution in [0.5, 0.6) is 0 Å². The van der Waals surface area contributed by atoms with Crippen molar-refractivity contribution in [1.82, 2.24) is 4.90 Å². The summed E-state index contributed by atoms with van der Waals surface area (Å²) in [4.78, 5) is 13.5. The van der Waals surface area contributed by atoms with Crippen LogP contribution in [-0.4, -0.2) is 35.5 Å². The average Bonchev–Trinajstić information content (AvgIpc) is 2.08. The highest BCUT2D eigenvalue weighted by Gasteiger charge is 2.22. The number of carbonyl (C=O) groups is 1. The van der Waals surface area contributed by atoms with Crippen LogP contribution in [-0.2, 0) is 4.74 Å². The fraction of sp³-hybridized carbons (Fsp3) is 0.833. The number of carbonyl (C=O) groups excluding carboxylic acids is 1. The highest BCUT2D eigenvalue weighted by atomic mass is 16.6. The number of amidine groups is 1. The van der Waals surface area contributed by atoms with Crippen molar-refractivity contribution in [3.8, 4) is 0 Å². The molecule has 100 valence electrons. The lowest BCUT2D eigenvalue weighted by atomic mass is 10.2. The molecule has 0 unspecified atom stereocenters. The Labute approximate surface area is 104 Å². The van der Waals surface area contributed by atoms with Gasteiger partial charge in [-0.05, 0) is 26.7 Å². The van der Waals surface area contributed by atoms with E-state index >= 15 is 0 Å². The van der Waals surface area contributed by atoms with E-state index in [9.17, 15) is 4.79 Å². The number of hydrogen-bond acceptors (Lipinski definition) is 3. The Bertz CT molecular complexity index is 269. The van der Waals surface area contributed by atoms with E-state index in [0.29, 0.717) is 25.4 Å². The van der Waals surface area contributed by atoms with Gasteiger partial charge in [-0.15, -0.1) is 0 Å². The summed E-state index contributed by atoms with van der Waals surface area (Å²) in [6.45, 7) is 10.6. The van der Waals surface area contributed by atoms with Crippen LogP contribution in [0.1, 0.15) is 41.0 Å². The molecule has 0 aliphatic heterocycles. The molecule has 0 saturated carbocycles. The number of nitrogens with zero attached hydrogens (tertiary/aromatic N) is 1. The van der Waals surface area contributed by atoms with Crippen LogP contribution in [0, 0.1) is 11.3 Å². The van der Waals surface area contributed by atoms with Gasteiger partial charge in [0.1, 0.15) is 5.60 Å². The molecule has 0 aliphatic rings. The standard InChI is InChI=1S/C12H25N3O2/c1-9(2)8-15(7-6-10(13)14)11(16)17-12(3,4)5/h9H,6-8H2,1-5H3,(H3,13,14). The Morgan fingerprint density at radius 3 is 2.29 bits per heavy atom. The summed E-state index contributed by atoms with van der Waals surface area (Å²) < 4.78 is 5.31. The van der Waals surface area contributed by atoms with Crippen LogP contribution in [0.2, 0.25) is 0 Å². The van der Waals surface area contributed by atoms with Gasteiger partial charge in [-0.1, -0.05) is 13.8 Å². The molecule has 0 bridgehead atoms. The molecule has 0 saturated heterocycles. The summed E-state index contributed by atoms with van der Waals surface area (Å²) in [5.41, 5.74) is 4.81. The summed E-state index contributed by atoms with van der Waals surface area (Å²) in [5.74, 6) is 0.441. The third-order valence-electron chi connectivity index (χ3n) is 1.89. The molecule has 5 heteroatoms. The first-order valence-electron chi connectivity index (χ1n) is 5.92. The molecule has 0 rings (SSSR count). The van der Waals surface area contributed by atoms with Crippen molar-refractivity contribution < 1.29 is 9.53 Å². The molecule has 0 aromatic heterocycles. The normalized spacial score (nSPS) is 11.4. The molecule has 0 atom stereocenters. The third-order valence-corrected chi connectivity index (χ3v) is 1.89. The minimum absolute atomic E-state index is 0.0855. The maximum Gasteiger partial charge on any atom is 0.410 e. The average molecular weight is 243 g/mol. The lowest BCUT2D eigenvalue weighted by molar-refractivity contribution is 0.0234. The minimum Gasteiger partial charge on any atom is -0.444 e. The minimum atomic E-state index is -0.497. The van der Waals surface area contributed by atoms with E-state index in [1.807, 2.05) is 34.6 Å². The summed E-state index contributed by atoms with van der Waals surface area (Å²) >= 11 is 0. The Morgan fingerprint density at radius 1 is 1.41 bits per heavy atom. The first-order valence-corrected chi connectivity index (χ1v) is 5.92. The maximum atomic E-state index is 11.9. The van der Waals surface area contributed by atoms with Crippen molar-refractivity contribution >= 4 is 11.9 Å². The van der Waals surface area contributed by atoms with E-state index < -0.39 is 5.60 Å². The van der Waals surface area contributed by atoms with E-state index in [1.54, 1.807) is 4.90 Å². The van der Waals surface area contributed by atoms with Crippen LogP contribution in [0.15, 0.2) is 0 Å². The van der Waals surface area contributed by atoms with Crippen molar-refractivity contribution in [2.45, 2.75) is 46.6 Å². The molecule has 0 aromatic rings. The Kier molecular flexibility index (Phi) is 5.99. The monoisotopic (exact) mass is 243 g/mol. The highest BCUT2D eigenvalue weighted by molar-refractivity contribution is 5.77. The van der Waals surface area contributed by atoms with Crippen molar-refractivity contribution in [3.05, 3.63) is 0 Å². The van der Waals surface area contributed by atoms with Gasteiger partial charge in [0.15, 0.2) is 0 Å². The quantitative estimate of drug-likeness (QED) is 0.574. The van der Waals surface area contributed by atoms with Crippen LogP contribution in [0.25, 0.3) is 0 Å². The molecule has 17 heavy (non-hydrogen) atoms. The molecule has 0 radical (unpaired) electrons. The molecule has 0 heterocycles. The predicted octanol–water partition coefficient (Wildman–Crippen LogP) is 2.21. The van der Waals surface area contributed by atoms with Crippen LogP contribution < -0.4 is 5.73 Å². The van der Waals surface area contributed by atoms with E-state index in [2.05, 4.69) is 0 Å². The number of hydrogen-bond donors (Lipinski definition) is 2. The van der Waals surface area contributed by atoms with Crippen molar-refractivity contribution in [2.75, 3.05) is 13.1 Å². The van der Waals surface area contributed by atoms with Crippen LogP contribution in [0.3, 0.4) is 0 Å². The predicted molar refractivity (Wildman–Crippen MR) is 69.2 cm³/mol. The van der Waals surface area contributed by atoms with Gasteiger partial charge in [-0.3, -0.25) is 5.41 Å². The van der Waals surface area contributed by atoms with Gasteiger partial charge in [0.25, 0.3) is 0 Å². The molecule has 0 fully saturated rings. The first kappa shape index (κ1) is 15.7. The second-order valence-corrected chi connectivity index (χ2v) is 5.60. The van der Waals surface area contributed by atoms with E-state index in [1.165, 1.54) is 0 Å². The van der Waals surface area contributed by atoms with Gasteiger partial charge in [0, 0.05) is 19.5 Å². The number of amides is 1. The van der Waals surface area contributed by atoms with Crippen LogP contribution >= 0.6 is 0 Å². The number of nitrogens with two attached hydrogens (primary N) is 1. The molecule has 0 spiro atoms. The smallest absolute Gasteiger partial charge is 0.410 e. The van der Waals surface area contributed by atoms with Crippen molar-refractivity contribution in [1.29, 1.82) is 5.41 Å². The summed E-state index contributed by atoms with van der Waals surface area (Å²) in [6.07, 6.45) is 0.0406. The van der Waals surface area contributed by atoms with Crippen LogP contribution in [0.4, 0.5) is 4.79 Å². The van der Waals surface area contributed by atoms with Gasteiger partial charge >= 0.3 is 6.09 Å².